The van der Waals surface area contributed by atoms with Crippen molar-refractivity contribution in [2.45, 2.75) is 26.1 Å². The van der Waals surface area contributed by atoms with Gasteiger partial charge in [-0.2, -0.15) is 13.2 Å². The van der Waals surface area contributed by atoms with E-state index in [2.05, 4.69) is 14.9 Å². The zero-order valence-electron chi connectivity index (χ0n) is 14.8. The number of likely N-dealkylation sites (tertiary alicyclic amines) is 1. The predicted octanol–water partition coefficient (Wildman–Crippen LogP) is 3.42. The molecule has 0 amide bonds. The molecule has 3 heterocycles. The Kier molecular flexibility index (Phi) is 4.30. The number of fused-ring (bicyclic) bond motifs is 1. The number of nitrogens with zero attached hydrogens (tertiary/aromatic N) is 3. The largest absolute Gasteiger partial charge is 0.416 e. The van der Waals surface area contributed by atoms with Crippen molar-refractivity contribution in [3.8, 4) is 11.1 Å². The third kappa shape index (κ3) is 3.37. The summed E-state index contributed by atoms with van der Waals surface area (Å²) in [6.07, 6.45) is -1.74. The van der Waals surface area contributed by atoms with Gasteiger partial charge >= 0.3 is 11.9 Å². The number of nitrogens with one attached hydrogen (secondary N) is 1. The summed E-state index contributed by atoms with van der Waals surface area (Å²) in [5.74, 6) is 0. The highest BCUT2D eigenvalue weighted by Crippen LogP contribution is 2.34. The molecule has 0 aliphatic carbocycles. The maximum absolute atomic E-state index is 13.1. The second kappa shape index (κ2) is 6.53. The lowest BCUT2D eigenvalue weighted by Crippen LogP contribution is -2.40. The van der Waals surface area contributed by atoms with E-state index in [1.165, 1.54) is 18.7 Å². The minimum Gasteiger partial charge on any atom is -0.301 e. The van der Waals surface area contributed by atoms with E-state index in [0.717, 1.165) is 31.8 Å². The van der Waals surface area contributed by atoms with Crippen LogP contribution in [0.5, 0.6) is 0 Å². The number of halogens is 3. The van der Waals surface area contributed by atoms with Gasteiger partial charge in [-0.1, -0.05) is 6.07 Å². The van der Waals surface area contributed by atoms with E-state index in [-0.39, 0.29) is 5.69 Å². The summed E-state index contributed by atoms with van der Waals surface area (Å²) in [4.78, 5) is 21.5. The van der Waals surface area contributed by atoms with E-state index >= 15 is 0 Å². The molecule has 0 atom stereocenters. The number of aryl methyl sites for hydroxylation is 1. The van der Waals surface area contributed by atoms with Crippen LogP contribution >= 0.6 is 0 Å². The Hall–Kier alpha value is -2.61. The molecule has 0 bridgehead atoms. The van der Waals surface area contributed by atoms with Crippen LogP contribution in [0.25, 0.3) is 22.3 Å². The highest BCUT2D eigenvalue weighted by atomic mass is 19.4. The molecule has 8 heteroatoms. The Balaban J connectivity index is 1.76. The van der Waals surface area contributed by atoms with Crippen molar-refractivity contribution < 1.29 is 13.2 Å². The highest BCUT2D eigenvalue weighted by molar-refractivity contribution is 5.79. The van der Waals surface area contributed by atoms with E-state index < -0.39 is 11.7 Å². The lowest BCUT2D eigenvalue weighted by molar-refractivity contribution is -0.137. The number of pyridine rings is 1. The molecule has 1 aliphatic rings. The maximum atomic E-state index is 13.1. The first kappa shape index (κ1) is 17.8. The number of hydrogen-bond donors (Lipinski definition) is 1. The minimum absolute atomic E-state index is 0.254. The van der Waals surface area contributed by atoms with E-state index in [1.807, 2.05) is 0 Å². The second-order valence-corrected chi connectivity index (χ2v) is 6.90. The van der Waals surface area contributed by atoms with Crippen LogP contribution < -0.4 is 5.69 Å². The van der Waals surface area contributed by atoms with Gasteiger partial charge in [0.25, 0.3) is 0 Å². The van der Waals surface area contributed by atoms with Crippen LogP contribution in [-0.2, 0) is 12.7 Å². The number of hydrogen-bond acceptors (Lipinski definition) is 3. The Morgan fingerprint density at radius 1 is 1.19 bits per heavy atom. The summed E-state index contributed by atoms with van der Waals surface area (Å²) >= 11 is 0. The highest BCUT2D eigenvalue weighted by Gasteiger charge is 2.31. The topological polar surface area (TPSA) is 53.9 Å². The molecule has 1 fully saturated rings. The van der Waals surface area contributed by atoms with Gasteiger partial charge in [-0.05, 0) is 55.8 Å². The fraction of sp³-hybridized carbons (Fsp3) is 0.368. The van der Waals surface area contributed by atoms with Crippen molar-refractivity contribution in [2.24, 2.45) is 0 Å². The van der Waals surface area contributed by atoms with Gasteiger partial charge in [0.2, 0.25) is 0 Å². The van der Waals surface area contributed by atoms with Crippen molar-refractivity contribution >= 4 is 11.2 Å². The summed E-state index contributed by atoms with van der Waals surface area (Å²) < 4.78 is 40.8. The second-order valence-electron chi connectivity index (χ2n) is 6.90. The van der Waals surface area contributed by atoms with E-state index in [9.17, 15) is 18.0 Å². The first-order valence-electron chi connectivity index (χ1n) is 8.82. The van der Waals surface area contributed by atoms with Crippen molar-refractivity contribution in [1.82, 2.24) is 19.4 Å². The zero-order chi connectivity index (χ0) is 19.2. The summed E-state index contributed by atoms with van der Waals surface area (Å²) in [5.41, 5.74) is 1.83. The summed E-state index contributed by atoms with van der Waals surface area (Å²) in [5, 5.41) is 0. The summed E-state index contributed by atoms with van der Waals surface area (Å²) in [6.45, 7) is 5.10. The van der Waals surface area contributed by atoms with Gasteiger partial charge in [-0.15, -0.1) is 0 Å². The molecule has 1 saturated heterocycles. The van der Waals surface area contributed by atoms with Crippen LogP contribution in [0.3, 0.4) is 0 Å². The molecule has 0 radical (unpaired) electrons. The van der Waals surface area contributed by atoms with Gasteiger partial charge in [0.05, 0.1) is 11.1 Å². The van der Waals surface area contributed by atoms with Gasteiger partial charge < -0.3 is 4.90 Å². The number of aromatic nitrogens is 3. The normalized spacial score (nSPS) is 15.3. The van der Waals surface area contributed by atoms with Crippen LogP contribution in [-0.4, -0.2) is 39.1 Å². The number of benzene rings is 1. The smallest absolute Gasteiger partial charge is 0.301 e. The van der Waals surface area contributed by atoms with E-state index in [1.54, 1.807) is 17.6 Å². The first-order valence-corrected chi connectivity index (χ1v) is 8.82. The van der Waals surface area contributed by atoms with Crippen molar-refractivity contribution in [3.63, 3.8) is 0 Å². The van der Waals surface area contributed by atoms with Crippen LogP contribution in [0.4, 0.5) is 13.2 Å². The molecule has 142 valence electrons. The molecule has 1 N–H and O–H groups in total. The Morgan fingerprint density at radius 3 is 2.63 bits per heavy atom. The molecule has 1 aromatic carbocycles. The quantitative estimate of drug-likeness (QED) is 0.759. The SMILES string of the molecule is Cc1ccc(C(F)(F)F)cc1-c1cnc2[nH]c(=O)n(CCN3CCC3)c2c1. The van der Waals surface area contributed by atoms with Gasteiger partial charge in [-0.25, -0.2) is 9.78 Å². The zero-order valence-corrected chi connectivity index (χ0v) is 14.8. The molecule has 0 spiro atoms. The summed E-state index contributed by atoms with van der Waals surface area (Å²) in [7, 11) is 0. The van der Waals surface area contributed by atoms with Crippen LogP contribution in [0.1, 0.15) is 17.5 Å². The maximum Gasteiger partial charge on any atom is 0.416 e. The Labute approximate surface area is 153 Å². The fourth-order valence-corrected chi connectivity index (χ4v) is 3.36. The number of alkyl halides is 3. The third-order valence-corrected chi connectivity index (χ3v) is 5.09. The van der Waals surface area contributed by atoms with Gasteiger partial charge in [-0.3, -0.25) is 9.55 Å². The molecule has 27 heavy (non-hydrogen) atoms. The standard InChI is InChI=1S/C19H19F3N4O/c1-12-3-4-14(19(20,21)22)10-15(12)13-9-16-17(23-11-13)24-18(27)26(16)8-7-25-5-2-6-25/h3-4,9-11H,2,5-8H2,1H3,(H,23,24,27). The average Bonchev–Trinajstić information content (AvgIpc) is 2.88. The van der Waals surface area contributed by atoms with Crippen molar-refractivity contribution in [2.75, 3.05) is 19.6 Å². The Bertz CT molecular complexity index is 1050. The molecule has 1 aliphatic heterocycles. The Morgan fingerprint density at radius 2 is 1.96 bits per heavy atom. The van der Waals surface area contributed by atoms with Crippen LogP contribution in [0.15, 0.2) is 35.3 Å². The summed E-state index contributed by atoms with van der Waals surface area (Å²) in [6, 6.07) is 5.40. The van der Waals surface area contributed by atoms with Crippen molar-refractivity contribution in [1.29, 1.82) is 0 Å². The fourth-order valence-electron chi connectivity index (χ4n) is 3.36. The number of H-pyrrole nitrogens is 1. The van der Waals surface area contributed by atoms with Crippen LogP contribution in [0.2, 0.25) is 0 Å². The van der Waals surface area contributed by atoms with Crippen molar-refractivity contribution in [3.05, 3.63) is 52.1 Å². The lowest BCUT2D eigenvalue weighted by Gasteiger charge is -2.30. The van der Waals surface area contributed by atoms with E-state index in [4.69, 9.17) is 0 Å². The van der Waals surface area contributed by atoms with Gasteiger partial charge in [0.15, 0.2) is 5.65 Å². The van der Waals surface area contributed by atoms with E-state index in [0.29, 0.717) is 34.4 Å². The molecule has 3 aromatic rings. The average molecular weight is 376 g/mol. The monoisotopic (exact) mass is 376 g/mol. The number of aromatic amines is 1. The molecular formula is C19H19F3N4O. The van der Waals surface area contributed by atoms with Crippen LogP contribution in [0, 0.1) is 6.92 Å². The molecule has 2 aromatic heterocycles. The third-order valence-electron chi connectivity index (χ3n) is 5.09. The molecule has 5 nitrogen and oxygen atoms in total. The molecule has 0 saturated carbocycles. The molecule has 0 unspecified atom stereocenters. The number of rotatable bonds is 4. The molecule has 4 rings (SSSR count). The predicted molar refractivity (Wildman–Crippen MR) is 96.6 cm³/mol. The minimum atomic E-state index is -4.41. The molecular weight excluding hydrogens is 357 g/mol. The first-order chi connectivity index (χ1) is 12.8. The van der Waals surface area contributed by atoms with Gasteiger partial charge in [0.1, 0.15) is 0 Å². The number of imidazole rings is 1. The lowest BCUT2D eigenvalue weighted by atomic mass is 9.99. The van der Waals surface area contributed by atoms with Gasteiger partial charge in [0, 0.05) is 24.8 Å².